The summed E-state index contributed by atoms with van der Waals surface area (Å²) in [6.07, 6.45) is 1.98. The lowest BCUT2D eigenvalue weighted by molar-refractivity contribution is 0.0954. The molecule has 3 aromatic rings. The van der Waals surface area contributed by atoms with Crippen molar-refractivity contribution in [1.29, 1.82) is 0 Å². The van der Waals surface area contributed by atoms with Crippen LogP contribution in [0.1, 0.15) is 15.9 Å². The van der Waals surface area contributed by atoms with Gasteiger partial charge in [-0.25, -0.2) is 13.6 Å². The van der Waals surface area contributed by atoms with Gasteiger partial charge in [-0.2, -0.15) is 0 Å². The molecule has 0 unspecified atom stereocenters. The molecular weight excluding hydrogens is 366 g/mol. The lowest BCUT2D eigenvalue weighted by Crippen LogP contribution is -2.26. The number of nitrogens with one attached hydrogen (secondary N) is 1. The molecule has 0 aliphatic rings. The molecule has 0 fully saturated rings. The fourth-order valence-electron chi connectivity index (χ4n) is 2.72. The van der Waals surface area contributed by atoms with Gasteiger partial charge in [0.15, 0.2) is 0 Å². The Balaban J connectivity index is 1.67. The molecule has 0 spiro atoms. The first-order chi connectivity index (χ1) is 12.9. The topological polar surface area (TPSA) is 111 Å². The van der Waals surface area contributed by atoms with Gasteiger partial charge in [-0.15, -0.1) is 0 Å². The number of hydrogen-bond donors (Lipinski definition) is 2. The molecule has 0 radical (unpaired) electrons. The fraction of sp³-hybridized carbons (Fsp3) is 0.158. The van der Waals surface area contributed by atoms with E-state index in [4.69, 9.17) is 9.88 Å². The summed E-state index contributed by atoms with van der Waals surface area (Å²) in [6.45, 7) is 0.335. The molecule has 0 atom stereocenters. The van der Waals surface area contributed by atoms with E-state index in [2.05, 4.69) is 10.3 Å². The quantitative estimate of drug-likeness (QED) is 0.673. The van der Waals surface area contributed by atoms with Crippen LogP contribution in [0.2, 0.25) is 0 Å². The van der Waals surface area contributed by atoms with Crippen molar-refractivity contribution in [2.75, 3.05) is 13.7 Å². The lowest BCUT2D eigenvalue weighted by atomic mass is 10.1. The molecule has 0 aliphatic heterocycles. The zero-order chi connectivity index (χ0) is 19.4. The summed E-state index contributed by atoms with van der Waals surface area (Å²) in [7, 11) is -2.52. The second-order valence-corrected chi connectivity index (χ2v) is 7.48. The number of nitrogens with zero attached hydrogens (tertiary/aromatic N) is 1. The van der Waals surface area contributed by atoms with E-state index in [9.17, 15) is 13.2 Å². The highest BCUT2D eigenvalue weighted by Crippen LogP contribution is 2.23. The SMILES string of the molecule is COc1ccc(CCNC(=O)c2cnc3ccccc3c2)cc1S(N)(=O)=O. The van der Waals surface area contributed by atoms with E-state index >= 15 is 0 Å². The van der Waals surface area contributed by atoms with Crippen LogP contribution in [0.15, 0.2) is 59.6 Å². The largest absolute Gasteiger partial charge is 0.495 e. The van der Waals surface area contributed by atoms with Crippen LogP contribution in [0.25, 0.3) is 10.9 Å². The van der Waals surface area contributed by atoms with Gasteiger partial charge in [0, 0.05) is 18.1 Å². The van der Waals surface area contributed by atoms with Gasteiger partial charge in [0.25, 0.3) is 5.91 Å². The molecule has 27 heavy (non-hydrogen) atoms. The molecule has 0 bridgehead atoms. The van der Waals surface area contributed by atoms with Crippen molar-refractivity contribution < 1.29 is 17.9 Å². The molecule has 1 aromatic heterocycles. The van der Waals surface area contributed by atoms with Gasteiger partial charge in [0.2, 0.25) is 10.0 Å². The van der Waals surface area contributed by atoms with E-state index < -0.39 is 10.0 Å². The molecule has 1 heterocycles. The van der Waals surface area contributed by atoms with Crippen molar-refractivity contribution in [1.82, 2.24) is 10.3 Å². The van der Waals surface area contributed by atoms with Crippen LogP contribution in [0, 0.1) is 0 Å². The minimum absolute atomic E-state index is 0.0763. The minimum atomic E-state index is -3.89. The summed E-state index contributed by atoms with van der Waals surface area (Å²) in [5, 5.41) is 8.91. The fourth-order valence-corrected chi connectivity index (χ4v) is 3.46. The Morgan fingerprint density at radius 1 is 1.19 bits per heavy atom. The first-order valence-electron chi connectivity index (χ1n) is 8.21. The molecule has 3 N–H and O–H groups in total. The number of pyridine rings is 1. The number of rotatable bonds is 6. The van der Waals surface area contributed by atoms with E-state index in [1.807, 2.05) is 24.3 Å². The number of primary sulfonamides is 1. The number of carbonyl (C=O) groups is 1. The van der Waals surface area contributed by atoms with Crippen molar-refractivity contribution in [2.24, 2.45) is 5.14 Å². The van der Waals surface area contributed by atoms with E-state index in [-0.39, 0.29) is 16.6 Å². The summed E-state index contributed by atoms with van der Waals surface area (Å²) >= 11 is 0. The van der Waals surface area contributed by atoms with Crippen molar-refractivity contribution >= 4 is 26.8 Å². The summed E-state index contributed by atoms with van der Waals surface area (Å²) in [4.78, 5) is 16.5. The van der Waals surface area contributed by atoms with Gasteiger partial charge in [-0.1, -0.05) is 24.3 Å². The number of amides is 1. The molecule has 0 saturated carbocycles. The van der Waals surface area contributed by atoms with Crippen LogP contribution in [0.3, 0.4) is 0 Å². The van der Waals surface area contributed by atoms with Crippen molar-refractivity contribution in [2.45, 2.75) is 11.3 Å². The monoisotopic (exact) mass is 385 g/mol. The van der Waals surface area contributed by atoms with Gasteiger partial charge in [0.1, 0.15) is 10.6 Å². The zero-order valence-corrected chi connectivity index (χ0v) is 15.5. The summed E-state index contributed by atoms with van der Waals surface area (Å²) in [6, 6.07) is 14.1. The molecule has 0 saturated heterocycles. The molecule has 140 valence electrons. The third-order valence-electron chi connectivity index (χ3n) is 4.09. The van der Waals surface area contributed by atoms with Crippen LogP contribution in [0.5, 0.6) is 5.75 Å². The summed E-state index contributed by atoms with van der Waals surface area (Å²) in [5.74, 6) is -0.0547. The number of methoxy groups -OCH3 is 1. The summed E-state index contributed by atoms with van der Waals surface area (Å²) in [5.41, 5.74) is 2.01. The number of fused-ring (bicyclic) bond motifs is 1. The number of ether oxygens (including phenoxy) is 1. The van der Waals surface area contributed by atoms with E-state index in [0.29, 0.717) is 18.5 Å². The first-order valence-corrected chi connectivity index (χ1v) is 9.76. The number of aromatic nitrogens is 1. The maximum Gasteiger partial charge on any atom is 0.252 e. The third kappa shape index (κ3) is 4.42. The molecule has 8 heteroatoms. The maximum atomic E-state index is 12.3. The average Bonchev–Trinajstić information content (AvgIpc) is 2.66. The second-order valence-electron chi connectivity index (χ2n) is 5.95. The number of para-hydroxylation sites is 1. The number of nitrogens with two attached hydrogens (primary N) is 1. The van der Waals surface area contributed by atoms with Gasteiger partial charge in [-0.3, -0.25) is 9.78 Å². The van der Waals surface area contributed by atoms with Crippen LogP contribution >= 0.6 is 0 Å². The highest BCUT2D eigenvalue weighted by molar-refractivity contribution is 7.89. The summed E-state index contributed by atoms with van der Waals surface area (Å²) < 4.78 is 28.3. The smallest absolute Gasteiger partial charge is 0.252 e. The van der Waals surface area contributed by atoms with E-state index in [1.165, 1.54) is 19.4 Å². The highest BCUT2D eigenvalue weighted by atomic mass is 32.2. The van der Waals surface area contributed by atoms with Crippen LogP contribution in [-0.4, -0.2) is 33.0 Å². The zero-order valence-electron chi connectivity index (χ0n) is 14.7. The van der Waals surface area contributed by atoms with Gasteiger partial charge in [-0.05, 0) is 36.2 Å². The molecule has 3 rings (SSSR count). The molecular formula is C19H19N3O4S. The normalized spacial score (nSPS) is 11.3. The Hall–Kier alpha value is -2.97. The highest BCUT2D eigenvalue weighted by Gasteiger charge is 2.15. The Labute approximate surface area is 157 Å². The van der Waals surface area contributed by atoms with Crippen molar-refractivity contribution in [3.05, 3.63) is 65.9 Å². The minimum Gasteiger partial charge on any atom is -0.495 e. The second kappa shape index (κ2) is 7.73. The number of sulfonamides is 1. The average molecular weight is 385 g/mol. The molecule has 2 aromatic carbocycles. The lowest BCUT2D eigenvalue weighted by Gasteiger charge is -2.10. The molecule has 1 amide bonds. The Morgan fingerprint density at radius 2 is 1.96 bits per heavy atom. The van der Waals surface area contributed by atoms with Crippen molar-refractivity contribution in [3.63, 3.8) is 0 Å². The van der Waals surface area contributed by atoms with Crippen LogP contribution in [0.4, 0.5) is 0 Å². The number of hydrogen-bond acceptors (Lipinski definition) is 5. The van der Waals surface area contributed by atoms with Crippen LogP contribution in [-0.2, 0) is 16.4 Å². The third-order valence-corrected chi connectivity index (χ3v) is 5.02. The standard InChI is InChI=1S/C19H19N3O4S/c1-26-17-7-6-13(10-18(17)27(20,24)25)8-9-21-19(23)15-11-14-4-2-3-5-16(14)22-12-15/h2-7,10-12H,8-9H2,1H3,(H,21,23)(H2,20,24,25). The number of carbonyl (C=O) groups excluding carboxylic acids is 1. The predicted molar refractivity (Wildman–Crippen MR) is 102 cm³/mol. The Bertz CT molecular complexity index is 1100. The Kier molecular flexibility index (Phi) is 5.38. The van der Waals surface area contributed by atoms with Gasteiger partial charge in [0.05, 0.1) is 18.2 Å². The van der Waals surface area contributed by atoms with Gasteiger partial charge >= 0.3 is 0 Å². The van der Waals surface area contributed by atoms with E-state index in [1.54, 1.807) is 18.2 Å². The predicted octanol–water partition coefficient (Wildman–Crippen LogP) is 1.86. The van der Waals surface area contributed by atoms with Gasteiger partial charge < -0.3 is 10.1 Å². The van der Waals surface area contributed by atoms with E-state index in [0.717, 1.165) is 16.5 Å². The Morgan fingerprint density at radius 3 is 2.70 bits per heavy atom. The molecule has 7 nitrogen and oxygen atoms in total. The maximum absolute atomic E-state index is 12.3. The number of benzene rings is 2. The van der Waals surface area contributed by atoms with Crippen molar-refractivity contribution in [3.8, 4) is 5.75 Å². The molecule has 0 aliphatic carbocycles. The first kappa shape index (κ1) is 18.8. The van der Waals surface area contributed by atoms with Crippen LogP contribution < -0.4 is 15.2 Å².